The zero-order chi connectivity index (χ0) is 8.97. The van der Waals surface area contributed by atoms with E-state index in [-0.39, 0.29) is 0 Å². The van der Waals surface area contributed by atoms with E-state index in [0.29, 0.717) is 5.92 Å². The molecule has 0 N–H and O–H groups in total. The molecular weight excluding hydrogens is 144 g/mol. The van der Waals surface area contributed by atoms with Crippen molar-refractivity contribution in [3.05, 3.63) is 48.1 Å². The summed E-state index contributed by atoms with van der Waals surface area (Å²) in [6, 6.07) is 0. The fourth-order valence-corrected chi connectivity index (χ4v) is 1.53. The van der Waals surface area contributed by atoms with Gasteiger partial charge in [0.05, 0.1) is 0 Å². The summed E-state index contributed by atoms with van der Waals surface area (Å²) in [6.45, 7) is 8.12. The minimum atomic E-state index is 0.638. The SMILES string of the molecule is C=C/C(=C/C)C1=CC=CCC1C. The highest BCUT2D eigenvalue weighted by Crippen LogP contribution is 2.26. The molecule has 0 heterocycles. The lowest BCUT2D eigenvalue weighted by molar-refractivity contribution is 0.697. The second-order valence-electron chi connectivity index (χ2n) is 3.14. The maximum atomic E-state index is 3.81. The molecule has 1 aliphatic carbocycles. The lowest BCUT2D eigenvalue weighted by Gasteiger charge is -2.17. The molecule has 1 atom stereocenters. The lowest BCUT2D eigenvalue weighted by Crippen LogP contribution is -2.02. The molecule has 0 saturated carbocycles. The van der Waals surface area contributed by atoms with Gasteiger partial charge in [0.2, 0.25) is 0 Å². The van der Waals surface area contributed by atoms with Gasteiger partial charge >= 0.3 is 0 Å². The van der Waals surface area contributed by atoms with Gasteiger partial charge in [-0.1, -0.05) is 43.9 Å². The maximum Gasteiger partial charge on any atom is -0.0150 e. The molecule has 64 valence electrons. The van der Waals surface area contributed by atoms with Crippen LogP contribution < -0.4 is 0 Å². The average Bonchev–Trinajstić information content (AvgIpc) is 2.10. The molecule has 0 aromatic heterocycles. The molecule has 1 rings (SSSR count). The zero-order valence-corrected chi connectivity index (χ0v) is 7.88. The minimum absolute atomic E-state index is 0.638. The van der Waals surface area contributed by atoms with Gasteiger partial charge in [-0.2, -0.15) is 0 Å². The molecule has 0 nitrogen and oxygen atoms in total. The third-order valence-electron chi connectivity index (χ3n) is 2.30. The smallest absolute Gasteiger partial charge is 0.0150 e. The third-order valence-corrected chi connectivity index (χ3v) is 2.30. The van der Waals surface area contributed by atoms with Crippen molar-refractivity contribution in [1.29, 1.82) is 0 Å². The van der Waals surface area contributed by atoms with Crippen LogP contribution >= 0.6 is 0 Å². The molecule has 1 aliphatic rings. The minimum Gasteiger partial charge on any atom is -0.0985 e. The fourth-order valence-electron chi connectivity index (χ4n) is 1.53. The highest BCUT2D eigenvalue weighted by molar-refractivity contribution is 5.43. The first kappa shape index (κ1) is 9.05. The van der Waals surface area contributed by atoms with Crippen molar-refractivity contribution in [3.63, 3.8) is 0 Å². The number of rotatable bonds is 2. The summed E-state index contributed by atoms with van der Waals surface area (Å²) in [5.74, 6) is 0.638. The summed E-state index contributed by atoms with van der Waals surface area (Å²) in [5, 5.41) is 0. The van der Waals surface area contributed by atoms with Gasteiger partial charge in [-0.15, -0.1) is 0 Å². The number of allylic oxidation sites excluding steroid dienone is 7. The van der Waals surface area contributed by atoms with Crippen molar-refractivity contribution < 1.29 is 0 Å². The summed E-state index contributed by atoms with van der Waals surface area (Å²) in [4.78, 5) is 0. The van der Waals surface area contributed by atoms with Crippen LogP contribution in [0.25, 0.3) is 0 Å². The molecule has 0 aliphatic heterocycles. The molecule has 0 fully saturated rings. The Bertz CT molecular complexity index is 251. The van der Waals surface area contributed by atoms with Crippen molar-refractivity contribution in [2.24, 2.45) is 5.92 Å². The van der Waals surface area contributed by atoms with Gasteiger partial charge in [0.25, 0.3) is 0 Å². The fraction of sp³-hybridized carbons (Fsp3) is 0.333. The van der Waals surface area contributed by atoms with Gasteiger partial charge in [-0.25, -0.2) is 0 Å². The monoisotopic (exact) mass is 160 g/mol. The van der Waals surface area contributed by atoms with E-state index in [9.17, 15) is 0 Å². The second-order valence-corrected chi connectivity index (χ2v) is 3.14. The van der Waals surface area contributed by atoms with Crippen molar-refractivity contribution in [3.8, 4) is 0 Å². The Morgan fingerprint density at radius 2 is 2.42 bits per heavy atom. The van der Waals surface area contributed by atoms with E-state index in [1.165, 1.54) is 11.1 Å². The van der Waals surface area contributed by atoms with Gasteiger partial charge in [0.15, 0.2) is 0 Å². The van der Waals surface area contributed by atoms with Crippen molar-refractivity contribution in [2.45, 2.75) is 20.3 Å². The first-order valence-corrected chi connectivity index (χ1v) is 4.45. The van der Waals surface area contributed by atoms with E-state index in [1.54, 1.807) is 0 Å². The Morgan fingerprint density at radius 1 is 1.67 bits per heavy atom. The van der Waals surface area contributed by atoms with Gasteiger partial charge < -0.3 is 0 Å². The summed E-state index contributed by atoms with van der Waals surface area (Å²) >= 11 is 0. The highest BCUT2D eigenvalue weighted by atomic mass is 14.2. The summed E-state index contributed by atoms with van der Waals surface area (Å²) in [6.07, 6.45) is 11.7. The van der Waals surface area contributed by atoms with Gasteiger partial charge in [0.1, 0.15) is 0 Å². The van der Waals surface area contributed by atoms with Crippen molar-refractivity contribution in [2.75, 3.05) is 0 Å². The van der Waals surface area contributed by atoms with E-state index in [1.807, 2.05) is 6.08 Å². The van der Waals surface area contributed by atoms with Crippen molar-refractivity contribution in [1.82, 2.24) is 0 Å². The van der Waals surface area contributed by atoms with Crippen LogP contribution in [0.5, 0.6) is 0 Å². The largest absolute Gasteiger partial charge is 0.0985 e. The molecular formula is C12H16. The van der Waals surface area contributed by atoms with Crippen LogP contribution in [-0.2, 0) is 0 Å². The molecule has 1 unspecified atom stereocenters. The average molecular weight is 160 g/mol. The van der Waals surface area contributed by atoms with Crippen LogP contribution in [0.2, 0.25) is 0 Å². The van der Waals surface area contributed by atoms with E-state index in [0.717, 1.165) is 6.42 Å². The summed E-state index contributed by atoms with van der Waals surface area (Å²) in [7, 11) is 0. The molecule has 0 bridgehead atoms. The molecule has 0 amide bonds. The molecule has 0 aromatic carbocycles. The van der Waals surface area contributed by atoms with Crippen LogP contribution in [0.3, 0.4) is 0 Å². The van der Waals surface area contributed by atoms with Crippen LogP contribution in [0, 0.1) is 5.92 Å². The standard InChI is InChI=1S/C12H16/c1-4-11(5-2)12-9-7-6-8-10(12)3/h4-7,9-10H,1,8H2,2-3H3/b11-5-. The Labute approximate surface area is 75.0 Å². The Balaban J connectivity index is 2.92. The zero-order valence-electron chi connectivity index (χ0n) is 7.88. The predicted octanol–water partition coefficient (Wildman–Crippen LogP) is 3.64. The van der Waals surface area contributed by atoms with E-state index in [2.05, 4.69) is 44.7 Å². The summed E-state index contributed by atoms with van der Waals surface area (Å²) < 4.78 is 0. The molecule has 0 aromatic rings. The second kappa shape index (κ2) is 4.10. The third kappa shape index (κ3) is 1.76. The van der Waals surface area contributed by atoms with Crippen LogP contribution in [0.15, 0.2) is 48.1 Å². The Morgan fingerprint density at radius 3 is 2.92 bits per heavy atom. The van der Waals surface area contributed by atoms with E-state index >= 15 is 0 Å². The maximum absolute atomic E-state index is 3.81. The normalized spacial score (nSPS) is 23.7. The van der Waals surface area contributed by atoms with Gasteiger partial charge in [-0.3, -0.25) is 0 Å². The highest BCUT2D eigenvalue weighted by Gasteiger charge is 2.10. The first-order valence-electron chi connectivity index (χ1n) is 4.45. The lowest BCUT2D eigenvalue weighted by atomic mass is 9.88. The van der Waals surface area contributed by atoms with Gasteiger partial charge in [0, 0.05) is 0 Å². The Kier molecular flexibility index (Phi) is 3.09. The van der Waals surface area contributed by atoms with Gasteiger partial charge in [-0.05, 0) is 30.4 Å². The number of hydrogen-bond acceptors (Lipinski definition) is 0. The topological polar surface area (TPSA) is 0 Å². The van der Waals surface area contributed by atoms with E-state index in [4.69, 9.17) is 0 Å². The van der Waals surface area contributed by atoms with Crippen LogP contribution in [0.1, 0.15) is 20.3 Å². The quantitative estimate of drug-likeness (QED) is 0.541. The van der Waals surface area contributed by atoms with Crippen LogP contribution in [0.4, 0.5) is 0 Å². The predicted molar refractivity (Wildman–Crippen MR) is 55.0 cm³/mol. The molecule has 0 radical (unpaired) electrons. The molecule has 0 saturated heterocycles. The Hall–Kier alpha value is -1.04. The van der Waals surface area contributed by atoms with Crippen molar-refractivity contribution >= 4 is 0 Å². The molecule has 0 spiro atoms. The molecule has 0 heteroatoms. The number of hydrogen-bond donors (Lipinski definition) is 0. The van der Waals surface area contributed by atoms with E-state index < -0.39 is 0 Å². The van der Waals surface area contributed by atoms with Crippen LogP contribution in [-0.4, -0.2) is 0 Å². The molecule has 12 heavy (non-hydrogen) atoms. The summed E-state index contributed by atoms with van der Waals surface area (Å²) in [5.41, 5.74) is 2.68. The first-order chi connectivity index (χ1) is 5.79.